The molecule has 140 valence electrons. The van der Waals surface area contributed by atoms with Gasteiger partial charge in [0.15, 0.2) is 5.65 Å². The van der Waals surface area contributed by atoms with E-state index in [4.69, 9.17) is 0 Å². The van der Waals surface area contributed by atoms with Crippen molar-refractivity contribution in [1.82, 2.24) is 19.9 Å². The van der Waals surface area contributed by atoms with Crippen LogP contribution in [0.3, 0.4) is 0 Å². The van der Waals surface area contributed by atoms with Crippen molar-refractivity contribution < 1.29 is 4.79 Å². The van der Waals surface area contributed by atoms with E-state index in [1.54, 1.807) is 23.0 Å². The molecule has 0 bridgehead atoms. The normalized spacial score (nSPS) is 12.1. The molecule has 1 amide bonds. The van der Waals surface area contributed by atoms with Crippen LogP contribution in [-0.2, 0) is 0 Å². The lowest BCUT2D eigenvalue weighted by atomic mass is 10.0. The number of fused-ring (bicyclic) bond motifs is 1. The third-order valence-corrected chi connectivity index (χ3v) is 4.89. The third-order valence-electron chi connectivity index (χ3n) is 4.89. The number of aromatic nitrogens is 3. The van der Waals surface area contributed by atoms with E-state index < -0.39 is 0 Å². The minimum atomic E-state index is -0.163. The molecule has 0 radical (unpaired) electrons. The van der Waals surface area contributed by atoms with E-state index in [2.05, 4.69) is 51.8 Å². The van der Waals surface area contributed by atoms with Gasteiger partial charge in [-0.1, -0.05) is 61.5 Å². The summed E-state index contributed by atoms with van der Waals surface area (Å²) in [6.45, 7) is 4.02. The number of amides is 1. The molecule has 1 N–H and O–H groups in total. The fourth-order valence-corrected chi connectivity index (χ4v) is 3.07. The zero-order valence-electron chi connectivity index (χ0n) is 16.0. The van der Waals surface area contributed by atoms with Gasteiger partial charge in [-0.15, -0.1) is 0 Å². The zero-order chi connectivity index (χ0) is 19.5. The molecule has 5 nitrogen and oxygen atoms in total. The van der Waals surface area contributed by atoms with Crippen LogP contribution in [0.25, 0.3) is 27.9 Å². The molecule has 28 heavy (non-hydrogen) atoms. The molecule has 1 unspecified atom stereocenters. The summed E-state index contributed by atoms with van der Waals surface area (Å²) in [6.07, 6.45) is 4.44. The van der Waals surface area contributed by atoms with Gasteiger partial charge in [0.25, 0.3) is 5.91 Å². The molecule has 2 heterocycles. The number of benzene rings is 2. The van der Waals surface area contributed by atoms with Crippen LogP contribution in [0.4, 0.5) is 0 Å². The number of nitrogens with one attached hydrogen (secondary N) is 1. The molecule has 0 aliphatic carbocycles. The number of carbonyl (C=O) groups excluding carboxylic acids is 1. The standard InChI is InChI=1S/C23H22N4O/c1-3-16(2)25-23(28)21-13-14-27-22(26-21)20(15-24-27)19-11-9-18(10-12-19)17-7-5-4-6-8-17/h4-16H,3H2,1-2H3,(H,25,28). The van der Waals surface area contributed by atoms with Gasteiger partial charge < -0.3 is 5.32 Å². The first kappa shape index (κ1) is 17.9. The Morgan fingerprint density at radius 3 is 2.39 bits per heavy atom. The summed E-state index contributed by atoms with van der Waals surface area (Å²) in [6, 6.07) is 20.4. The Balaban J connectivity index is 1.67. The molecule has 2 aromatic heterocycles. The van der Waals surface area contributed by atoms with Crippen molar-refractivity contribution in [2.24, 2.45) is 0 Å². The van der Waals surface area contributed by atoms with Crippen molar-refractivity contribution in [1.29, 1.82) is 0 Å². The average Bonchev–Trinajstić information content (AvgIpc) is 3.17. The second-order valence-electron chi connectivity index (χ2n) is 6.87. The second-order valence-corrected chi connectivity index (χ2v) is 6.87. The fraction of sp³-hybridized carbons (Fsp3) is 0.174. The van der Waals surface area contributed by atoms with Crippen LogP contribution in [0.1, 0.15) is 30.8 Å². The van der Waals surface area contributed by atoms with Gasteiger partial charge in [-0.2, -0.15) is 5.10 Å². The van der Waals surface area contributed by atoms with Crippen molar-refractivity contribution in [3.8, 4) is 22.3 Å². The predicted molar refractivity (Wildman–Crippen MR) is 111 cm³/mol. The lowest BCUT2D eigenvalue weighted by Gasteiger charge is -2.11. The van der Waals surface area contributed by atoms with E-state index in [0.717, 1.165) is 23.1 Å². The van der Waals surface area contributed by atoms with Crippen LogP contribution < -0.4 is 5.32 Å². The first-order valence-corrected chi connectivity index (χ1v) is 9.47. The third kappa shape index (κ3) is 3.51. The van der Waals surface area contributed by atoms with Crippen molar-refractivity contribution in [3.05, 3.63) is 78.8 Å². The molecule has 2 aromatic carbocycles. The highest BCUT2D eigenvalue weighted by Crippen LogP contribution is 2.27. The van der Waals surface area contributed by atoms with Gasteiger partial charge in [0.1, 0.15) is 5.69 Å². The summed E-state index contributed by atoms with van der Waals surface area (Å²) in [5.41, 5.74) is 5.32. The maximum Gasteiger partial charge on any atom is 0.270 e. The van der Waals surface area contributed by atoms with Crippen LogP contribution in [0.5, 0.6) is 0 Å². The van der Waals surface area contributed by atoms with Gasteiger partial charge in [0, 0.05) is 17.8 Å². The molecule has 0 aliphatic heterocycles. The Hall–Kier alpha value is -3.47. The van der Waals surface area contributed by atoms with Gasteiger partial charge >= 0.3 is 0 Å². The molecule has 4 aromatic rings. The van der Waals surface area contributed by atoms with E-state index in [-0.39, 0.29) is 11.9 Å². The first-order chi connectivity index (χ1) is 13.7. The SMILES string of the molecule is CCC(C)NC(=O)c1ccn2ncc(-c3ccc(-c4ccccc4)cc3)c2n1. The Kier molecular flexibility index (Phi) is 4.89. The molecule has 0 saturated carbocycles. The quantitative estimate of drug-likeness (QED) is 0.559. The predicted octanol–water partition coefficient (Wildman–Crippen LogP) is 4.59. The molecule has 0 spiro atoms. The lowest BCUT2D eigenvalue weighted by Crippen LogP contribution is -2.32. The van der Waals surface area contributed by atoms with Crippen LogP contribution >= 0.6 is 0 Å². The number of rotatable bonds is 5. The number of hydrogen-bond acceptors (Lipinski definition) is 3. The number of nitrogens with zero attached hydrogens (tertiary/aromatic N) is 3. The van der Waals surface area contributed by atoms with Crippen molar-refractivity contribution in [3.63, 3.8) is 0 Å². The van der Waals surface area contributed by atoms with Crippen molar-refractivity contribution in [2.75, 3.05) is 0 Å². The smallest absolute Gasteiger partial charge is 0.270 e. The summed E-state index contributed by atoms with van der Waals surface area (Å²) in [5, 5.41) is 7.33. The molecule has 1 atom stereocenters. The van der Waals surface area contributed by atoms with Gasteiger partial charge in [0.2, 0.25) is 0 Å². The fourth-order valence-electron chi connectivity index (χ4n) is 3.07. The highest BCUT2D eigenvalue weighted by molar-refractivity contribution is 5.93. The summed E-state index contributed by atoms with van der Waals surface area (Å²) < 4.78 is 1.69. The molecule has 4 rings (SSSR count). The largest absolute Gasteiger partial charge is 0.348 e. The van der Waals surface area contributed by atoms with E-state index in [0.29, 0.717) is 11.3 Å². The zero-order valence-corrected chi connectivity index (χ0v) is 16.0. The Morgan fingerprint density at radius 1 is 1.00 bits per heavy atom. The minimum Gasteiger partial charge on any atom is -0.348 e. The highest BCUT2D eigenvalue weighted by atomic mass is 16.1. The summed E-state index contributed by atoms with van der Waals surface area (Å²) in [7, 11) is 0. The van der Waals surface area contributed by atoms with Gasteiger partial charge in [0.05, 0.1) is 6.20 Å². The Morgan fingerprint density at radius 2 is 1.68 bits per heavy atom. The maximum atomic E-state index is 12.4. The summed E-state index contributed by atoms with van der Waals surface area (Å²) >= 11 is 0. The summed E-state index contributed by atoms with van der Waals surface area (Å²) in [4.78, 5) is 17.0. The van der Waals surface area contributed by atoms with Crippen molar-refractivity contribution >= 4 is 11.6 Å². The van der Waals surface area contributed by atoms with E-state index in [1.807, 2.05) is 32.0 Å². The highest BCUT2D eigenvalue weighted by Gasteiger charge is 2.14. The molecule has 0 aliphatic rings. The second kappa shape index (κ2) is 7.64. The van der Waals surface area contributed by atoms with Crippen molar-refractivity contribution in [2.45, 2.75) is 26.3 Å². The average molecular weight is 370 g/mol. The molecule has 0 fully saturated rings. The van der Waals surface area contributed by atoms with Crippen LogP contribution in [-0.4, -0.2) is 26.5 Å². The minimum absolute atomic E-state index is 0.112. The number of hydrogen-bond donors (Lipinski definition) is 1. The molecular formula is C23H22N4O. The first-order valence-electron chi connectivity index (χ1n) is 9.47. The van der Waals surface area contributed by atoms with E-state index in [9.17, 15) is 4.79 Å². The Labute approximate surface area is 164 Å². The molecule has 0 saturated heterocycles. The van der Waals surface area contributed by atoms with E-state index >= 15 is 0 Å². The lowest BCUT2D eigenvalue weighted by molar-refractivity contribution is 0.0934. The Bertz CT molecular complexity index is 1100. The van der Waals surface area contributed by atoms with E-state index in [1.165, 1.54) is 5.56 Å². The van der Waals surface area contributed by atoms with Crippen LogP contribution in [0, 0.1) is 0 Å². The maximum absolute atomic E-state index is 12.4. The van der Waals surface area contributed by atoms with Gasteiger partial charge in [-0.25, -0.2) is 9.50 Å². The van der Waals surface area contributed by atoms with Gasteiger partial charge in [-0.3, -0.25) is 4.79 Å². The molecular weight excluding hydrogens is 348 g/mol. The van der Waals surface area contributed by atoms with Crippen LogP contribution in [0.2, 0.25) is 0 Å². The summed E-state index contributed by atoms with van der Waals surface area (Å²) in [5.74, 6) is -0.163. The van der Waals surface area contributed by atoms with Crippen LogP contribution in [0.15, 0.2) is 73.1 Å². The monoisotopic (exact) mass is 370 g/mol. The molecule has 5 heteroatoms. The number of carbonyl (C=O) groups is 1. The topological polar surface area (TPSA) is 59.3 Å². The van der Waals surface area contributed by atoms with Gasteiger partial charge in [-0.05, 0) is 36.1 Å².